The van der Waals surface area contributed by atoms with Crippen molar-refractivity contribution in [3.05, 3.63) is 22.2 Å². The third-order valence-corrected chi connectivity index (χ3v) is 2.72. The number of halogens is 1. The molecule has 0 aliphatic heterocycles. The van der Waals surface area contributed by atoms with Crippen LogP contribution in [0.25, 0.3) is 0 Å². The van der Waals surface area contributed by atoms with Gasteiger partial charge in [0.25, 0.3) is 0 Å². The van der Waals surface area contributed by atoms with Crippen LogP contribution in [0.2, 0.25) is 0 Å². The van der Waals surface area contributed by atoms with Crippen LogP contribution in [0, 0.1) is 0 Å². The number of aliphatic hydroxyl groups is 1. The second-order valence-electron chi connectivity index (χ2n) is 2.97. The van der Waals surface area contributed by atoms with Gasteiger partial charge in [-0.25, -0.2) is 4.79 Å². The van der Waals surface area contributed by atoms with E-state index < -0.39 is 12.1 Å². The molecule has 5 nitrogen and oxygen atoms in total. The number of ether oxygens (including phenoxy) is 2. The molecule has 0 bridgehead atoms. The molecular formula is C10H11BrO5. The lowest BCUT2D eigenvalue weighted by molar-refractivity contribution is -0.147. The lowest BCUT2D eigenvalue weighted by Gasteiger charge is -2.13. The molecular weight excluding hydrogens is 280 g/mol. The predicted octanol–water partition coefficient (Wildman–Crippen LogP) is 1.58. The third kappa shape index (κ3) is 2.45. The zero-order valence-corrected chi connectivity index (χ0v) is 10.3. The Morgan fingerprint density at radius 1 is 1.31 bits per heavy atom. The van der Waals surface area contributed by atoms with Crippen LogP contribution >= 0.6 is 15.9 Å². The molecule has 6 heteroatoms. The molecule has 0 heterocycles. The fourth-order valence-electron chi connectivity index (χ4n) is 1.21. The van der Waals surface area contributed by atoms with E-state index in [2.05, 4.69) is 15.9 Å². The van der Waals surface area contributed by atoms with E-state index >= 15 is 0 Å². The Kier molecular flexibility index (Phi) is 4.14. The van der Waals surface area contributed by atoms with Crippen molar-refractivity contribution in [2.75, 3.05) is 14.2 Å². The van der Waals surface area contributed by atoms with Crippen molar-refractivity contribution < 1.29 is 24.5 Å². The Balaban J connectivity index is 3.26. The zero-order valence-electron chi connectivity index (χ0n) is 8.73. The van der Waals surface area contributed by atoms with E-state index in [4.69, 9.17) is 14.6 Å². The minimum Gasteiger partial charge on any atom is -0.493 e. The molecule has 1 aromatic rings. The summed E-state index contributed by atoms with van der Waals surface area (Å²) in [5.41, 5.74) is 0.213. The molecule has 0 radical (unpaired) electrons. The van der Waals surface area contributed by atoms with E-state index in [1.54, 1.807) is 6.07 Å². The summed E-state index contributed by atoms with van der Waals surface area (Å²) in [5, 5.41) is 18.1. The molecule has 0 aromatic heterocycles. The van der Waals surface area contributed by atoms with Gasteiger partial charge in [0.2, 0.25) is 0 Å². The van der Waals surface area contributed by atoms with Gasteiger partial charge in [0.05, 0.1) is 14.2 Å². The van der Waals surface area contributed by atoms with E-state index in [9.17, 15) is 9.90 Å². The van der Waals surface area contributed by atoms with Crippen LogP contribution in [0.1, 0.15) is 11.7 Å². The molecule has 1 aromatic carbocycles. The number of methoxy groups -OCH3 is 2. The van der Waals surface area contributed by atoms with E-state index in [1.165, 1.54) is 20.3 Å². The van der Waals surface area contributed by atoms with Gasteiger partial charge < -0.3 is 19.7 Å². The molecule has 0 saturated heterocycles. The van der Waals surface area contributed by atoms with E-state index in [0.29, 0.717) is 16.0 Å². The normalized spacial score (nSPS) is 12.0. The van der Waals surface area contributed by atoms with Crippen LogP contribution in [0.5, 0.6) is 11.5 Å². The average molecular weight is 291 g/mol. The molecule has 0 saturated carbocycles. The first-order chi connectivity index (χ1) is 7.51. The minimum atomic E-state index is -1.60. The van der Waals surface area contributed by atoms with Crippen LogP contribution in [0.4, 0.5) is 0 Å². The Hall–Kier alpha value is -1.27. The first kappa shape index (κ1) is 12.8. The molecule has 0 aliphatic carbocycles. The number of carboxylic acid groups (broad SMARTS) is 1. The highest BCUT2D eigenvalue weighted by Gasteiger charge is 2.21. The summed E-state index contributed by atoms with van der Waals surface area (Å²) in [5.74, 6) is -0.510. The lowest BCUT2D eigenvalue weighted by Crippen LogP contribution is -2.11. The molecule has 0 unspecified atom stereocenters. The van der Waals surface area contributed by atoms with Crippen molar-refractivity contribution in [1.29, 1.82) is 0 Å². The van der Waals surface area contributed by atoms with Crippen molar-refractivity contribution in [2.24, 2.45) is 0 Å². The largest absolute Gasteiger partial charge is 0.493 e. The molecule has 2 N–H and O–H groups in total. The summed E-state index contributed by atoms with van der Waals surface area (Å²) in [6.07, 6.45) is -1.60. The summed E-state index contributed by atoms with van der Waals surface area (Å²) in [6, 6.07) is 2.96. The fourth-order valence-corrected chi connectivity index (χ4v) is 1.75. The number of aliphatic carboxylic acids is 1. The SMILES string of the molecule is COc1cc(Br)c([C@H](O)C(=O)O)cc1OC. The van der Waals surface area contributed by atoms with Crippen LogP contribution in [-0.4, -0.2) is 30.4 Å². The number of benzene rings is 1. The molecule has 88 valence electrons. The first-order valence-electron chi connectivity index (χ1n) is 4.33. The number of carboxylic acids is 1. The Labute approximate surface area is 101 Å². The number of rotatable bonds is 4. The van der Waals surface area contributed by atoms with Crippen molar-refractivity contribution in [3.63, 3.8) is 0 Å². The summed E-state index contributed by atoms with van der Waals surface area (Å²) in [7, 11) is 2.90. The minimum absolute atomic E-state index is 0.213. The topological polar surface area (TPSA) is 76.0 Å². The number of hydrogen-bond acceptors (Lipinski definition) is 4. The van der Waals surface area contributed by atoms with E-state index in [1.807, 2.05) is 0 Å². The second kappa shape index (κ2) is 5.18. The van der Waals surface area contributed by atoms with Crippen molar-refractivity contribution in [3.8, 4) is 11.5 Å². The zero-order chi connectivity index (χ0) is 12.3. The maximum atomic E-state index is 10.7. The molecule has 16 heavy (non-hydrogen) atoms. The molecule has 1 atom stereocenters. The van der Waals surface area contributed by atoms with Gasteiger partial charge >= 0.3 is 5.97 Å². The molecule has 1 rings (SSSR count). The number of hydrogen-bond donors (Lipinski definition) is 2. The lowest BCUT2D eigenvalue weighted by atomic mass is 10.1. The van der Waals surface area contributed by atoms with Crippen molar-refractivity contribution in [1.82, 2.24) is 0 Å². The quantitative estimate of drug-likeness (QED) is 0.881. The van der Waals surface area contributed by atoms with Crippen LogP contribution in [-0.2, 0) is 4.79 Å². The first-order valence-corrected chi connectivity index (χ1v) is 5.12. The molecule has 0 aliphatic rings. The molecule has 0 amide bonds. The maximum Gasteiger partial charge on any atom is 0.337 e. The highest BCUT2D eigenvalue weighted by Crippen LogP contribution is 2.35. The fraction of sp³-hybridized carbons (Fsp3) is 0.300. The monoisotopic (exact) mass is 290 g/mol. The van der Waals surface area contributed by atoms with Gasteiger partial charge in [-0.15, -0.1) is 0 Å². The number of aliphatic hydroxyl groups excluding tert-OH is 1. The summed E-state index contributed by atoms with van der Waals surface area (Å²) in [4.78, 5) is 10.7. The van der Waals surface area contributed by atoms with E-state index in [-0.39, 0.29) is 5.56 Å². The second-order valence-corrected chi connectivity index (χ2v) is 3.82. The van der Waals surface area contributed by atoms with Crippen LogP contribution in [0.15, 0.2) is 16.6 Å². The molecule has 0 spiro atoms. The third-order valence-electron chi connectivity index (χ3n) is 2.03. The van der Waals surface area contributed by atoms with Gasteiger partial charge in [-0.2, -0.15) is 0 Å². The Morgan fingerprint density at radius 3 is 2.25 bits per heavy atom. The van der Waals surface area contributed by atoms with E-state index in [0.717, 1.165) is 0 Å². The van der Waals surface area contributed by atoms with Crippen LogP contribution < -0.4 is 9.47 Å². The van der Waals surface area contributed by atoms with Gasteiger partial charge in [0.15, 0.2) is 17.6 Å². The smallest absolute Gasteiger partial charge is 0.337 e. The number of carbonyl (C=O) groups is 1. The van der Waals surface area contributed by atoms with Crippen molar-refractivity contribution in [2.45, 2.75) is 6.10 Å². The summed E-state index contributed by atoms with van der Waals surface area (Å²) >= 11 is 3.16. The highest BCUT2D eigenvalue weighted by atomic mass is 79.9. The van der Waals surface area contributed by atoms with Crippen molar-refractivity contribution >= 4 is 21.9 Å². The standard InChI is InChI=1S/C10H11BrO5/c1-15-7-3-5(9(12)10(13)14)6(11)4-8(7)16-2/h3-4,9,12H,1-2H3,(H,13,14)/t9-/m0/s1. The van der Waals surface area contributed by atoms with Gasteiger partial charge in [-0.05, 0) is 12.1 Å². The summed E-state index contributed by atoms with van der Waals surface area (Å²) < 4.78 is 10.5. The predicted molar refractivity (Wildman–Crippen MR) is 59.8 cm³/mol. The van der Waals surface area contributed by atoms with Gasteiger partial charge in [-0.3, -0.25) is 0 Å². The Morgan fingerprint density at radius 2 is 1.81 bits per heavy atom. The van der Waals surface area contributed by atoms with Crippen LogP contribution in [0.3, 0.4) is 0 Å². The van der Waals surface area contributed by atoms with Gasteiger partial charge in [0, 0.05) is 10.0 Å². The molecule has 0 fully saturated rings. The average Bonchev–Trinajstić information content (AvgIpc) is 2.27. The Bertz CT molecular complexity index is 404. The highest BCUT2D eigenvalue weighted by molar-refractivity contribution is 9.10. The van der Waals surface area contributed by atoms with Gasteiger partial charge in [-0.1, -0.05) is 15.9 Å². The maximum absolute atomic E-state index is 10.7. The van der Waals surface area contributed by atoms with Gasteiger partial charge in [0.1, 0.15) is 0 Å². The summed E-state index contributed by atoms with van der Waals surface area (Å²) in [6.45, 7) is 0.